The van der Waals surface area contributed by atoms with Gasteiger partial charge in [-0.25, -0.2) is 15.0 Å². The summed E-state index contributed by atoms with van der Waals surface area (Å²) in [5, 5.41) is 17.7. The van der Waals surface area contributed by atoms with Crippen molar-refractivity contribution in [3.63, 3.8) is 0 Å². The van der Waals surface area contributed by atoms with Crippen molar-refractivity contribution in [3.05, 3.63) is 29.5 Å². The van der Waals surface area contributed by atoms with Crippen LogP contribution in [-0.4, -0.2) is 55.8 Å². The van der Waals surface area contributed by atoms with Gasteiger partial charge in [0.2, 0.25) is 5.96 Å². The summed E-state index contributed by atoms with van der Waals surface area (Å²) in [5.41, 5.74) is 3.60. The molecule has 1 atom stereocenters. The summed E-state index contributed by atoms with van der Waals surface area (Å²) < 4.78 is 5.18. The third-order valence-corrected chi connectivity index (χ3v) is 3.57. The number of hydrogen-bond acceptors (Lipinski definition) is 5. The number of quaternary nitrogens is 1. The smallest absolute Gasteiger partial charge is 0.407 e. The molecule has 0 saturated heterocycles. The highest BCUT2D eigenvalue weighted by Gasteiger charge is 2.19. The van der Waals surface area contributed by atoms with E-state index in [2.05, 4.69) is 21.1 Å². The normalized spacial score (nSPS) is 18.1. The molecule has 0 aliphatic carbocycles. The average Bonchev–Trinajstić information content (AvgIpc) is 2.53. The fraction of sp³-hybridized carbons (Fsp3) is 0.529. The standard InChI is InChI=1S/C17H28N6O3/c1-17(2,3)26-16(24)19-10-12-22(4)11-9-18-15-20-13-7-5-6-8-14(13)23(25)21-15/h5-8,23H,9-12H2,1-4H3,(H,19,24)(H2,18,20,21). The topological polar surface area (TPSA) is 105 Å². The molecule has 0 radical (unpaired) electrons. The van der Waals surface area contributed by atoms with Crippen LogP contribution in [0.25, 0.3) is 0 Å². The molecule has 0 spiro atoms. The average molecular weight is 364 g/mol. The Morgan fingerprint density at radius 2 is 2.08 bits per heavy atom. The Morgan fingerprint density at radius 3 is 2.81 bits per heavy atom. The molecular formula is C17H28N6O3. The molecule has 144 valence electrons. The predicted octanol–water partition coefficient (Wildman–Crippen LogP) is 0.443. The van der Waals surface area contributed by atoms with Gasteiger partial charge in [0.25, 0.3) is 0 Å². The number of nitrogens with one attached hydrogen (secondary N) is 4. The third kappa shape index (κ3) is 6.51. The highest BCUT2D eigenvalue weighted by atomic mass is 16.6. The van der Waals surface area contributed by atoms with Gasteiger partial charge in [-0.15, -0.1) is 0 Å². The van der Waals surface area contributed by atoms with E-state index in [0.717, 1.165) is 5.69 Å². The Morgan fingerprint density at radius 1 is 1.35 bits per heavy atom. The summed E-state index contributed by atoms with van der Waals surface area (Å²) in [4.78, 5) is 18.0. The highest BCUT2D eigenvalue weighted by Crippen LogP contribution is 2.17. The third-order valence-electron chi connectivity index (χ3n) is 3.57. The first-order chi connectivity index (χ1) is 12.2. The maximum atomic E-state index is 12.0. The number of carbonyl (C=O) groups is 1. The van der Waals surface area contributed by atoms with E-state index in [9.17, 15) is 10.0 Å². The Kier molecular flexibility index (Phi) is 6.78. The van der Waals surface area contributed by atoms with Crippen LogP contribution >= 0.6 is 0 Å². The summed E-state index contributed by atoms with van der Waals surface area (Å²) in [6.45, 7) is 7.86. The van der Waals surface area contributed by atoms with Crippen molar-refractivity contribution in [2.75, 3.05) is 38.5 Å². The van der Waals surface area contributed by atoms with Gasteiger partial charge in [-0.3, -0.25) is 0 Å². The zero-order valence-corrected chi connectivity index (χ0v) is 15.8. The summed E-state index contributed by atoms with van der Waals surface area (Å²) in [6.07, 6.45) is -0.418. The Bertz CT molecular complexity index is 644. The lowest BCUT2D eigenvalue weighted by Gasteiger charge is -2.30. The fourth-order valence-electron chi connectivity index (χ4n) is 2.31. The van der Waals surface area contributed by atoms with Crippen molar-refractivity contribution in [2.24, 2.45) is 4.99 Å². The lowest BCUT2D eigenvalue weighted by Crippen LogP contribution is -3.11. The first kappa shape index (κ1) is 20.0. The minimum Gasteiger partial charge on any atom is -0.603 e. The van der Waals surface area contributed by atoms with Crippen molar-refractivity contribution >= 4 is 23.4 Å². The largest absolute Gasteiger partial charge is 0.603 e. The van der Waals surface area contributed by atoms with Gasteiger partial charge >= 0.3 is 6.09 Å². The molecular weight excluding hydrogens is 336 g/mol. The highest BCUT2D eigenvalue weighted by molar-refractivity contribution is 5.96. The van der Waals surface area contributed by atoms with E-state index >= 15 is 0 Å². The molecule has 1 unspecified atom stereocenters. The fourth-order valence-corrected chi connectivity index (χ4v) is 2.31. The van der Waals surface area contributed by atoms with E-state index in [1.807, 2.05) is 50.9 Å². The van der Waals surface area contributed by atoms with Crippen LogP contribution < -0.4 is 21.2 Å². The molecule has 0 aromatic heterocycles. The summed E-state index contributed by atoms with van der Waals surface area (Å²) in [6, 6.07) is 7.30. The van der Waals surface area contributed by atoms with Gasteiger partial charge in [0, 0.05) is 25.7 Å². The van der Waals surface area contributed by atoms with Crippen molar-refractivity contribution in [2.45, 2.75) is 26.4 Å². The van der Waals surface area contributed by atoms with Gasteiger partial charge in [0.05, 0.1) is 6.54 Å². The van der Waals surface area contributed by atoms with Gasteiger partial charge in [0.15, 0.2) is 5.69 Å². The number of likely N-dealkylation sites (N-methyl/N-ethyl adjacent to an activating group) is 1. The minimum absolute atomic E-state index is 0.159. The second-order valence-electron chi connectivity index (χ2n) is 7.09. The predicted molar refractivity (Wildman–Crippen MR) is 101 cm³/mol. The maximum Gasteiger partial charge on any atom is 0.407 e. The number of carbonyl (C=O) groups excluding carboxylic acids is 1. The summed E-state index contributed by atoms with van der Waals surface area (Å²) in [5.74, 6) is 0.453. The number of hydrogen-bond donors (Lipinski definition) is 4. The maximum absolute atomic E-state index is 12.0. The first-order valence-electron chi connectivity index (χ1n) is 8.62. The lowest BCUT2D eigenvalue weighted by atomic mass is 10.2. The number of benzene rings is 1. The second-order valence-corrected chi connectivity index (χ2v) is 7.09. The van der Waals surface area contributed by atoms with E-state index in [0.29, 0.717) is 37.8 Å². The van der Waals surface area contributed by atoms with Crippen LogP contribution in [0.3, 0.4) is 0 Å². The van der Waals surface area contributed by atoms with E-state index in [4.69, 9.17) is 4.74 Å². The molecule has 26 heavy (non-hydrogen) atoms. The number of anilines is 1. The van der Waals surface area contributed by atoms with Crippen molar-refractivity contribution < 1.29 is 14.7 Å². The van der Waals surface area contributed by atoms with Crippen LogP contribution in [0.2, 0.25) is 0 Å². The summed E-state index contributed by atoms with van der Waals surface area (Å²) >= 11 is 0. The quantitative estimate of drug-likeness (QED) is 0.546. The van der Waals surface area contributed by atoms with Crippen LogP contribution in [0.5, 0.6) is 0 Å². The molecule has 0 bridgehead atoms. The number of alkyl carbamates (subject to hydrolysis) is 1. The van der Waals surface area contributed by atoms with Crippen molar-refractivity contribution in [3.8, 4) is 0 Å². The molecule has 0 saturated carbocycles. The zero-order chi connectivity index (χ0) is 19.2. The van der Waals surface area contributed by atoms with Crippen LogP contribution in [0.15, 0.2) is 29.3 Å². The number of para-hydroxylation sites is 2. The zero-order valence-electron chi connectivity index (χ0n) is 15.8. The number of ether oxygens (including phenoxy) is 1. The van der Waals surface area contributed by atoms with Crippen LogP contribution in [-0.2, 0) is 4.74 Å². The Labute approximate surface area is 153 Å². The van der Waals surface area contributed by atoms with Gasteiger partial charge in [-0.1, -0.05) is 12.1 Å². The van der Waals surface area contributed by atoms with E-state index < -0.39 is 11.7 Å². The van der Waals surface area contributed by atoms with E-state index in [1.54, 1.807) is 6.07 Å². The Balaban J connectivity index is 1.69. The van der Waals surface area contributed by atoms with Gasteiger partial charge in [-0.05, 0) is 33.9 Å². The molecule has 9 nitrogen and oxygen atoms in total. The van der Waals surface area contributed by atoms with Crippen LogP contribution in [0.1, 0.15) is 20.8 Å². The minimum atomic E-state index is -0.498. The number of amides is 1. The number of fused-ring (bicyclic) bond motifs is 1. The molecule has 4 N–H and O–H groups in total. The molecule has 1 aliphatic rings. The number of guanidine groups is 1. The first-order valence-corrected chi connectivity index (χ1v) is 8.62. The molecule has 9 heteroatoms. The van der Waals surface area contributed by atoms with Crippen LogP contribution in [0.4, 0.5) is 16.2 Å². The van der Waals surface area contributed by atoms with Gasteiger partial charge < -0.3 is 25.5 Å². The number of nitrogens with zero attached hydrogens (tertiary/aromatic N) is 2. The Hall–Kier alpha value is -2.36. The number of rotatable bonds is 6. The molecule has 2 rings (SSSR count). The van der Waals surface area contributed by atoms with Gasteiger partial charge in [-0.2, -0.15) is 5.43 Å². The van der Waals surface area contributed by atoms with Crippen molar-refractivity contribution in [1.82, 2.24) is 15.6 Å². The number of aliphatic imine (C=N–C) groups is 1. The van der Waals surface area contributed by atoms with Crippen molar-refractivity contribution in [1.29, 1.82) is 0 Å². The van der Waals surface area contributed by atoms with Gasteiger partial charge in [0.1, 0.15) is 11.3 Å². The lowest BCUT2D eigenvalue weighted by molar-refractivity contribution is -0.816. The molecule has 0 fully saturated rings. The SMILES string of the molecule is CN(CCN=C1Nc2ccccc2[NH+]([O-])N1)CCNC(=O)OC(C)(C)C. The molecule has 1 amide bonds. The molecule has 1 aromatic carbocycles. The molecule has 1 aliphatic heterocycles. The summed E-state index contributed by atoms with van der Waals surface area (Å²) in [7, 11) is 1.94. The molecule has 1 heterocycles. The van der Waals surface area contributed by atoms with E-state index in [1.165, 1.54) is 0 Å². The van der Waals surface area contributed by atoms with E-state index in [-0.39, 0.29) is 5.17 Å². The van der Waals surface area contributed by atoms with Crippen LogP contribution in [0, 0.1) is 5.21 Å². The second kappa shape index (κ2) is 8.84. The monoisotopic (exact) mass is 364 g/mol. The molecule has 1 aromatic rings.